The van der Waals surface area contributed by atoms with Gasteiger partial charge < -0.3 is 9.64 Å². The number of morpholine rings is 1. The van der Waals surface area contributed by atoms with Gasteiger partial charge in [-0.3, -0.25) is 10.00 Å². The highest BCUT2D eigenvalue weighted by Crippen LogP contribution is 2.36. The van der Waals surface area contributed by atoms with E-state index in [0.29, 0.717) is 25.5 Å². The normalized spacial score (nSPS) is 20.4. The van der Waals surface area contributed by atoms with Crippen LogP contribution < -0.4 is 4.90 Å². The number of hydrogen-bond acceptors (Lipinski definition) is 9. The molecule has 9 nitrogen and oxygen atoms in total. The van der Waals surface area contributed by atoms with Gasteiger partial charge in [0.05, 0.1) is 40.4 Å². The number of hydrogen-bond donors (Lipinski definition) is 1. The first kappa shape index (κ1) is 24.7. The van der Waals surface area contributed by atoms with Gasteiger partial charge >= 0.3 is 0 Å². The largest absolute Gasteiger partial charge is 0.378 e. The van der Waals surface area contributed by atoms with Crippen molar-refractivity contribution in [3.8, 4) is 11.4 Å². The summed E-state index contributed by atoms with van der Waals surface area (Å²) >= 11 is 1.75. The van der Waals surface area contributed by atoms with E-state index in [-0.39, 0.29) is 5.25 Å². The van der Waals surface area contributed by atoms with Crippen LogP contribution in [0.5, 0.6) is 0 Å². The summed E-state index contributed by atoms with van der Waals surface area (Å²) in [6, 6.07) is 8.25. The molecule has 1 unspecified atom stereocenters. The first-order chi connectivity index (χ1) is 18.0. The molecule has 1 N–H and O–H groups in total. The molecule has 11 heteroatoms. The van der Waals surface area contributed by atoms with Crippen LogP contribution in [0.3, 0.4) is 0 Å². The maximum absolute atomic E-state index is 12.2. The second kappa shape index (κ2) is 10.3. The Balaban J connectivity index is 1.35. The Kier molecular flexibility index (Phi) is 6.87. The van der Waals surface area contributed by atoms with Crippen LogP contribution in [0.15, 0.2) is 30.5 Å². The van der Waals surface area contributed by atoms with E-state index < -0.39 is 9.84 Å². The van der Waals surface area contributed by atoms with Crippen LogP contribution in [0, 0.1) is 0 Å². The Labute approximate surface area is 220 Å². The number of ether oxygens (including phenoxy) is 1. The summed E-state index contributed by atoms with van der Waals surface area (Å²) in [5.41, 5.74) is 2.88. The van der Waals surface area contributed by atoms with Gasteiger partial charge in [0.15, 0.2) is 11.6 Å². The summed E-state index contributed by atoms with van der Waals surface area (Å²) in [4.78, 5) is 16.1. The van der Waals surface area contributed by atoms with E-state index in [1.807, 2.05) is 24.4 Å². The van der Waals surface area contributed by atoms with Crippen LogP contribution in [-0.4, -0.2) is 84.4 Å². The molecule has 2 aliphatic rings. The van der Waals surface area contributed by atoms with Crippen molar-refractivity contribution in [2.45, 2.75) is 37.5 Å². The predicted octanol–water partition coefficient (Wildman–Crippen LogP) is 3.86. The molecular weight excluding hydrogens is 508 g/mol. The second-order valence-electron chi connectivity index (χ2n) is 10.0. The molecule has 0 radical (unpaired) electrons. The number of thiophene rings is 1. The minimum atomic E-state index is -3.01. The number of aromatic nitrogens is 4. The average molecular weight is 541 g/mol. The smallest absolute Gasteiger partial charge is 0.162 e. The quantitative estimate of drug-likeness (QED) is 0.407. The standard InChI is InChI=1S/C26H32N6O3S2/c1-37(33,34)19-5-2-3-9-31(10-8-19)17-18-15-23-24(36-18)26(32-11-13-35-14-12-32)29-25(28-23)20-6-4-7-22-21(20)16-27-30-22/h4,6-7,15-16,19H,2-3,5,8-14,17H2,1H3,(H,27,30). The van der Waals surface area contributed by atoms with Gasteiger partial charge in [0.2, 0.25) is 0 Å². The predicted molar refractivity (Wildman–Crippen MR) is 148 cm³/mol. The van der Waals surface area contributed by atoms with Crippen LogP contribution >= 0.6 is 11.3 Å². The second-order valence-corrected chi connectivity index (χ2v) is 13.5. The number of nitrogens with one attached hydrogen (secondary N) is 1. The molecule has 0 bridgehead atoms. The Morgan fingerprint density at radius 1 is 1.11 bits per heavy atom. The summed E-state index contributed by atoms with van der Waals surface area (Å²) in [6.45, 7) is 5.55. The Hall–Kier alpha value is -2.60. The molecule has 1 aromatic carbocycles. The van der Waals surface area contributed by atoms with Crippen LogP contribution in [0.2, 0.25) is 0 Å². The highest BCUT2D eigenvalue weighted by Gasteiger charge is 2.25. The van der Waals surface area contributed by atoms with Crippen molar-refractivity contribution in [3.63, 3.8) is 0 Å². The van der Waals surface area contributed by atoms with E-state index in [2.05, 4.69) is 26.1 Å². The Bertz CT molecular complexity index is 1510. The van der Waals surface area contributed by atoms with Gasteiger partial charge in [-0.1, -0.05) is 18.6 Å². The molecule has 0 saturated carbocycles. The zero-order valence-electron chi connectivity index (χ0n) is 21.0. The fourth-order valence-corrected chi connectivity index (χ4v) is 7.70. The number of fused-ring (bicyclic) bond motifs is 2. The van der Waals surface area contributed by atoms with Gasteiger partial charge in [0.1, 0.15) is 9.84 Å². The van der Waals surface area contributed by atoms with Gasteiger partial charge in [-0.05, 0) is 44.5 Å². The molecule has 1 atom stereocenters. The van der Waals surface area contributed by atoms with Gasteiger partial charge in [0.25, 0.3) is 0 Å². The SMILES string of the molecule is CS(=O)(=O)C1CCCCN(Cc2cc3nc(-c4cccc5[nH]ncc45)nc(N4CCOCC4)c3s2)CC1. The highest BCUT2D eigenvalue weighted by atomic mass is 32.2. The number of sulfone groups is 1. The summed E-state index contributed by atoms with van der Waals surface area (Å²) in [7, 11) is -3.01. The molecule has 37 heavy (non-hydrogen) atoms. The third kappa shape index (κ3) is 5.22. The molecule has 2 fully saturated rings. The maximum atomic E-state index is 12.2. The fourth-order valence-electron chi connectivity index (χ4n) is 5.41. The van der Waals surface area contributed by atoms with Gasteiger partial charge in [0, 0.05) is 41.7 Å². The lowest BCUT2D eigenvalue weighted by molar-refractivity contribution is 0.122. The molecule has 196 valence electrons. The topological polar surface area (TPSA) is 104 Å². The average Bonchev–Trinajstić information content (AvgIpc) is 3.51. The zero-order chi connectivity index (χ0) is 25.4. The first-order valence-electron chi connectivity index (χ1n) is 12.9. The number of aromatic amines is 1. The van der Waals surface area contributed by atoms with Crippen LogP contribution in [0.1, 0.15) is 30.6 Å². The fraction of sp³-hybridized carbons (Fsp3) is 0.500. The monoisotopic (exact) mass is 540 g/mol. The van der Waals surface area contributed by atoms with Crippen molar-refractivity contribution in [2.75, 3.05) is 50.5 Å². The lowest BCUT2D eigenvalue weighted by Gasteiger charge is -2.28. The van der Waals surface area contributed by atoms with Crippen molar-refractivity contribution in [2.24, 2.45) is 0 Å². The third-order valence-electron chi connectivity index (χ3n) is 7.44. The maximum Gasteiger partial charge on any atom is 0.162 e. The number of H-pyrrole nitrogens is 1. The summed E-state index contributed by atoms with van der Waals surface area (Å²) < 4.78 is 31.1. The highest BCUT2D eigenvalue weighted by molar-refractivity contribution is 7.91. The van der Waals surface area contributed by atoms with Crippen molar-refractivity contribution in [3.05, 3.63) is 35.3 Å². The molecular formula is C26H32N6O3S2. The van der Waals surface area contributed by atoms with E-state index in [1.165, 1.54) is 11.1 Å². The minimum absolute atomic E-state index is 0.232. The lowest BCUT2D eigenvalue weighted by atomic mass is 10.1. The van der Waals surface area contributed by atoms with Crippen LogP contribution in [0.25, 0.3) is 32.5 Å². The zero-order valence-corrected chi connectivity index (χ0v) is 22.7. The van der Waals surface area contributed by atoms with E-state index in [9.17, 15) is 8.42 Å². The van der Waals surface area contributed by atoms with E-state index in [4.69, 9.17) is 14.7 Å². The molecule has 0 aliphatic carbocycles. The number of benzene rings is 1. The number of nitrogens with zero attached hydrogens (tertiary/aromatic N) is 5. The summed E-state index contributed by atoms with van der Waals surface area (Å²) in [5, 5.41) is 8.03. The van der Waals surface area contributed by atoms with E-state index in [1.54, 1.807) is 11.3 Å². The number of rotatable bonds is 5. The minimum Gasteiger partial charge on any atom is -0.378 e. The van der Waals surface area contributed by atoms with Gasteiger partial charge in [-0.25, -0.2) is 18.4 Å². The molecule has 5 heterocycles. The van der Waals surface area contributed by atoms with Crippen LogP contribution in [0.4, 0.5) is 5.82 Å². The molecule has 2 aliphatic heterocycles. The van der Waals surface area contributed by atoms with Crippen molar-refractivity contribution in [1.29, 1.82) is 0 Å². The van der Waals surface area contributed by atoms with E-state index in [0.717, 1.165) is 84.5 Å². The van der Waals surface area contributed by atoms with Crippen molar-refractivity contribution in [1.82, 2.24) is 25.1 Å². The summed E-state index contributed by atoms with van der Waals surface area (Å²) in [5.74, 6) is 1.66. The Morgan fingerprint density at radius 3 is 2.81 bits per heavy atom. The molecule has 6 rings (SSSR count). The molecule has 2 saturated heterocycles. The Morgan fingerprint density at radius 2 is 1.97 bits per heavy atom. The van der Waals surface area contributed by atoms with Gasteiger partial charge in [-0.2, -0.15) is 5.10 Å². The van der Waals surface area contributed by atoms with Crippen molar-refractivity contribution >= 4 is 48.1 Å². The van der Waals surface area contributed by atoms with Gasteiger partial charge in [-0.15, -0.1) is 11.3 Å². The van der Waals surface area contributed by atoms with Crippen LogP contribution in [-0.2, 0) is 21.1 Å². The molecule has 0 amide bonds. The molecule has 4 aromatic rings. The molecule has 3 aromatic heterocycles. The number of likely N-dealkylation sites (tertiary alicyclic amines) is 1. The first-order valence-corrected chi connectivity index (χ1v) is 15.7. The van der Waals surface area contributed by atoms with E-state index >= 15 is 0 Å². The summed E-state index contributed by atoms with van der Waals surface area (Å²) in [6.07, 6.45) is 6.66. The molecule has 0 spiro atoms. The third-order valence-corrected chi connectivity index (χ3v) is 10.2. The van der Waals surface area contributed by atoms with Crippen molar-refractivity contribution < 1.29 is 13.2 Å². The lowest BCUT2D eigenvalue weighted by Crippen LogP contribution is -2.36. The number of anilines is 1.